The van der Waals surface area contributed by atoms with Crippen molar-refractivity contribution in [2.24, 2.45) is 0 Å². The van der Waals surface area contributed by atoms with E-state index in [1.165, 1.54) is 0 Å². The lowest BCUT2D eigenvalue weighted by molar-refractivity contribution is 0.0836. The van der Waals surface area contributed by atoms with E-state index in [0.29, 0.717) is 6.61 Å². The predicted molar refractivity (Wildman–Crippen MR) is 68.9 cm³/mol. The summed E-state index contributed by atoms with van der Waals surface area (Å²) in [5, 5.41) is 3.05. The zero-order valence-corrected chi connectivity index (χ0v) is 11.2. The van der Waals surface area contributed by atoms with Gasteiger partial charge in [0.05, 0.1) is 13.2 Å². The van der Waals surface area contributed by atoms with Crippen molar-refractivity contribution in [3.8, 4) is 0 Å². The molecule has 0 amide bonds. The number of hydrogen-bond donors (Lipinski definition) is 1. The van der Waals surface area contributed by atoms with Crippen LogP contribution in [0, 0.1) is 0 Å². The summed E-state index contributed by atoms with van der Waals surface area (Å²) in [6.07, 6.45) is 0. The largest absolute Gasteiger partial charge is 0.462 e. The fraction of sp³-hybridized carbons (Fsp3) is 0.692. The van der Waals surface area contributed by atoms with Gasteiger partial charge in [-0.1, -0.05) is 13.8 Å². The first-order valence-electron chi connectivity index (χ1n) is 6.32. The molecular formula is C13H24N2O2. The van der Waals surface area contributed by atoms with Crippen molar-refractivity contribution >= 4 is 0 Å². The number of nitrogens with one attached hydrogen (secondary N) is 1. The van der Waals surface area contributed by atoms with Crippen molar-refractivity contribution in [2.45, 2.75) is 27.0 Å². The van der Waals surface area contributed by atoms with Gasteiger partial charge in [0.2, 0.25) is 0 Å². The van der Waals surface area contributed by atoms with Crippen molar-refractivity contribution in [3.05, 3.63) is 23.7 Å². The molecule has 0 aliphatic heterocycles. The maximum atomic E-state index is 5.59. The highest BCUT2D eigenvalue weighted by Gasteiger charge is 2.02. The van der Waals surface area contributed by atoms with Gasteiger partial charge in [-0.3, -0.25) is 0 Å². The molecule has 0 bridgehead atoms. The second kappa shape index (κ2) is 8.28. The van der Waals surface area contributed by atoms with Crippen molar-refractivity contribution in [3.63, 3.8) is 0 Å². The number of rotatable bonds is 9. The summed E-state index contributed by atoms with van der Waals surface area (Å²) in [6, 6.07) is 3.96. The summed E-state index contributed by atoms with van der Waals surface area (Å²) in [5.41, 5.74) is 0. The third-order valence-electron chi connectivity index (χ3n) is 2.76. The molecule has 1 N–H and O–H groups in total. The van der Waals surface area contributed by atoms with E-state index in [1.807, 2.05) is 19.2 Å². The molecule has 1 aromatic heterocycles. The molecule has 0 saturated heterocycles. The Hall–Kier alpha value is -0.840. The summed E-state index contributed by atoms with van der Waals surface area (Å²) in [5.74, 6) is 1.85. The minimum absolute atomic E-state index is 0.560. The third kappa shape index (κ3) is 5.35. The van der Waals surface area contributed by atoms with Crippen LogP contribution in [0.1, 0.15) is 25.4 Å². The van der Waals surface area contributed by atoms with Crippen LogP contribution in [-0.2, 0) is 17.9 Å². The molecule has 4 heteroatoms. The zero-order chi connectivity index (χ0) is 12.5. The number of nitrogens with zero attached hydrogens (tertiary/aromatic N) is 1. The highest BCUT2D eigenvalue weighted by atomic mass is 16.5. The smallest absolute Gasteiger partial charge is 0.129 e. The van der Waals surface area contributed by atoms with E-state index in [-0.39, 0.29) is 0 Å². The van der Waals surface area contributed by atoms with E-state index >= 15 is 0 Å². The van der Waals surface area contributed by atoms with Crippen LogP contribution < -0.4 is 5.32 Å². The molecule has 0 atom stereocenters. The van der Waals surface area contributed by atoms with Crippen molar-refractivity contribution < 1.29 is 9.15 Å². The molecule has 0 aliphatic carbocycles. The molecule has 98 valence electrons. The lowest BCUT2D eigenvalue weighted by Crippen LogP contribution is -2.26. The average molecular weight is 240 g/mol. The van der Waals surface area contributed by atoms with E-state index in [4.69, 9.17) is 9.15 Å². The van der Waals surface area contributed by atoms with Gasteiger partial charge in [-0.15, -0.1) is 0 Å². The van der Waals surface area contributed by atoms with Crippen LogP contribution in [-0.4, -0.2) is 38.2 Å². The normalized spacial score (nSPS) is 11.3. The van der Waals surface area contributed by atoms with Crippen molar-refractivity contribution in [2.75, 3.05) is 33.3 Å². The van der Waals surface area contributed by atoms with E-state index in [0.717, 1.165) is 44.3 Å². The topological polar surface area (TPSA) is 37.6 Å². The minimum Gasteiger partial charge on any atom is -0.462 e. The lowest BCUT2D eigenvalue weighted by atomic mass is 10.4. The van der Waals surface area contributed by atoms with E-state index in [2.05, 4.69) is 24.1 Å². The molecule has 0 spiro atoms. The summed E-state index contributed by atoms with van der Waals surface area (Å²) in [7, 11) is 1.91. The fourth-order valence-electron chi connectivity index (χ4n) is 1.68. The molecule has 0 radical (unpaired) electrons. The molecule has 0 saturated carbocycles. The third-order valence-corrected chi connectivity index (χ3v) is 2.76. The molecule has 1 heterocycles. The molecule has 0 aliphatic rings. The van der Waals surface area contributed by atoms with Gasteiger partial charge in [0, 0.05) is 6.54 Å². The predicted octanol–water partition coefficient (Wildman–Crippen LogP) is 1.86. The number of hydrogen-bond acceptors (Lipinski definition) is 4. The Bertz CT molecular complexity index is 295. The van der Waals surface area contributed by atoms with Crippen LogP contribution in [0.2, 0.25) is 0 Å². The second-order valence-electron chi connectivity index (χ2n) is 3.98. The molecule has 0 aromatic carbocycles. The van der Waals surface area contributed by atoms with Gasteiger partial charge in [-0.05, 0) is 32.3 Å². The standard InChI is InChI=1S/C13H24N2O2/c1-4-15(5-2)8-9-16-11-13-7-6-12(17-13)10-14-3/h6-7,14H,4-5,8-11H2,1-3H3. The van der Waals surface area contributed by atoms with Crippen LogP contribution in [0.4, 0.5) is 0 Å². The first-order valence-corrected chi connectivity index (χ1v) is 6.32. The Morgan fingerprint density at radius 3 is 2.59 bits per heavy atom. The first-order chi connectivity index (χ1) is 8.30. The molecular weight excluding hydrogens is 216 g/mol. The average Bonchev–Trinajstić information content (AvgIpc) is 2.78. The number of furan rings is 1. The molecule has 0 fully saturated rings. The SMILES string of the molecule is CCN(CC)CCOCc1ccc(CNC)o1. The van der Waals surface area contributed by atoms with Crippen molar-refractivity contribution in [1.29, 1.82) is 0 Å². The monoisotopic (exact) mass is 240 g/mol. The van der Waals surface area contributed by atoms with E-state index in [1.54, 1.807) is 0 Å². The summed E-state index contributed by atoms with van der Waals surface area (Å²) < 4.78 is 11.2. The number of likely N-dealkylation sites (N-methyl/N-ethyl adjacent to an activating group) is 1. The molecule has 1 aromatic rings. The Balaban J connectivity index is 2.17. The van der Waals surface area contributed by atoms with Gasteiger partial charge in [-0.2, -0.15) is 0 Å². The minimum atomic E-state index is 0.560. The number of ether oxygens (including phenoxy) is 1. The molecule has 4 nitrogen and oxygen atoms in total. The lowest BCUT2D eigenvalue weighted by Gasteiger charge is -2.17. The second-order valence-corrected chi connectivity index (χ2v) is 3.98. The van der Waals surface area contributed by atoms with Crippen LogP contribution >= 0.6 is 0 Å². The zero-order valence-electron chi connectivity index (χ0n) is 11.2. The molecule has 17 heavy (non-hydrogen) atoms. The van der Waals surface area contributed by atoms with Gasteiger partial charge in [0.25, 0.3) is 0 Å². The quantitative estimate of drug-likeness (QED) is 0.669. The Labute approximate surface area is 104 Å². The Kier molecular flexibility index (Phi) is 6.93. The Morgan fingerprint density at radius 2 is 1.94 bits per heavy atom. The fourth-order valence-corrected chi connectivity index (χ4v) is 1.68. The molecule has 1 rings (SSSR count). The first kappa shape index (κ1) is 14.2. The summed E-state index contributed by atoms with van der Waals surface area (Å²) in [6.45, 7) is 9.55. The highest BCUT2D eigenvalue weighted by molar-refractivity contribution is 5.06. The highest BCUT2D eigenvalue weighted by Crippen LogP contribution is 2.08. The van der Waals surface area contributed by atoms with Gasteiger partial charge >= 0.3 is 0 Å². The van der Waals surface area contributed by atoms with Crippen LogP contribution in [0.5, 0.6) is 0 Å². The van der Waals surface area contributed by atoms with Crippen molar-refractivity contribution in [1.82, 2.24) is 10.2 Å². The maximum absolute atomic E-state index is 5.59. The molecule has 0 unspecified atom stereocenters. The van der Waals surface area contributed by atoms with Crippen LogP contribution in [0.15, 0.2) is 16.5 Å². The maximum Gasteiger partial charge on any atom is 0.129 e. The van der Waals surface area contributed by atoms with Gasteiger partial charge in [0.15, 0.2) is 0 Å². The van der Waals surface area contributed by atoms with E-state index in [9.17, 15) is 0 Å². The van der Waals surface area contributed by atoms with Gasteiger partial charge in [-0.25, -0.2) is 0 Å². The van der Waals surface area contributed by atoms with Crippen LogP contribution in [0.25, 0.3) is 0 Å². The van der Waals surface area contributed by atoms with Crippen LogP contribution in [0.3, 0.4) is 0 Å². The Morgan fingerprint density at radius 1 is 1.24 bits per heavy atom. The van der Waals surface area contributed by atoms with Gasteiger partial charge < -0.3 is 19.4 Å². The van der Waals surface area contributed by atoms with Gasteiger partial charge in [0.1, 0.15) is 18.1 Å². The summed E-state index contributed by atoms with van der Waals surface area (Å²) in [4.78, 5) is 2.34. The summed E-state index contributed by atoms with van der Waals surface area (Å²) >= 11 is 0. The van der Waals surface area contributed by atoms with E-state index < -0.39 is 0 Å².